The maximum Gasteiger partial charge on any atom is 0.312 e. The van der Waals surface area contributed by atoms with Crippen LogP contribution in [0, 0.1) is 5.92 Å². The van der Waals surface area contributed by atoms with Crippen molar-refractivity contribution in [3.05, 3.63) is 47.5 Å². The number of nitrogens with zero attached hydrogens (tertiary/aromatic N) is 3. The maximum absolute atomic E-state index is 12.3. The first-order valence-corrected chi connectivity index (χ1v) is 7.86. The van der Waals surface area contributed by atoms with Crippen LogP contribution >= 0.6 is 11.6 Å². The fourth-order valence-corrected chi connectivity index (χ4v) is 2.77. The van der Waals surface area contributed by atoms with Gasteiger partial charge in [0.25, 0.3) is 0 Å². The third-order valence-electron chi connectivity index (χ3n) is 3.77. The first-order valence-electron chi connectivity index (χ1n) is 7.48. The average molecular weight is 338 g/mol. The summed E-state index contributed by atoms with van der Waals surface area (Å²) in [7, 11) is 0. The van der Waals surface area contributed by atoms with Crippen LogP contribution in [-0.2, 0) is 21.7 Å². The highest BCUT2D eigenvalue weighted by Crippen LogP contribution is 2.35. The van der Waals surface area contributed by atoms with Crippen LogP contribution in [0.15, 0.2) is 36.9 Å². The van der Waals surface area contributed by atoms with Crippen molar-refractivity contribution in [2.24, 2.45) is 5.92 Å². The third-order valence-corrected chi connectivity index (χ3v) is 4.02. The summed E-state index contributed by atoms with van der Waals surface area (Å²) in [5.41, 5.74) is -0.892. The monoisotopic (exact) mass is 337 g/mol. The molecule has 0 radical (unpaired) electrons. The highest BCUT2D eigenvalue weighted by atomic mass is 35.5. The van der Waals surface area contributed by atoms with Gasteiger partial charge in [0.05, 0.1) is 19.1 Å². The van der Waals surface area contributed by atoms with Crippen LogP contribution in [0.3, 0.4) is 0 Å². The summed E-state index contributed by atoms with van der Waals surface area (Å²) >= 11 is 5.93. The van der Waals surface area contributed by atoms with Crippen molar-refractivity contribution in [2.75, 3.05) is 6.61 Å². The number of rotatable bonds is 7. The molecule has 2 unspecified atom stereocenters. The lowest BCUT2D eigenvalue weighted by Crippen LogP contribution is -2.44. The Hall–Kier alpha value is -1.92. The Morgan fingerprint density at radius 1 is 1.39 bits per heavy atom. The van der Waals surface area contributed by atoms with Gasteiger partial charge in [-0.05, 0) is 31.0 Å². The molecule has 0 aliphatic heterocycles. The molecule has 0 saturated carbocycles. The molecule has 124 valence electrons. The first-order chi connectivity index (χ1) is 11.0. The van der Waals surface area contributed by atoms with E-state index in [1.165, 1.54) is 17.3 Å². The van der Waals surface area contributed by atoms with Crippen molar-refractivity contribution in [2.45, 2.75) is 32.4 Å². The number of aromatic nitrogens is 3. The number of hydrogen-bond donors (Lipinski definition) is 1. The molecule has 1 aromatic carbocycles. The van der Waals surface area contributed by atoms with Gasteiger partial charge >= 0.3 is 5.97 Å². The molecule has 1 N–H and O–H groups in total. The van der Waals surface area contributed by atoms with E-state index in [0.717, 1.165) is 0 Å². The van der Waals surface area contributed by atoms with Gasteiger partial charge < -0.3 is 9.84 Å². The van der Waals surface area contributed by atoms with Crippen LogP contribution in [0.4, 0.5) is 0 Å². The number of hydrogen-bond acceptors (Lipinski definition) is 5. The third kappa shape index (κ3) is 3.89. The fraction of sp³-hybridized carbons (Fsp3) is 0.438. The Morgan fingerprint density at radius 3 is 2.61 bits per heavy atom. The van der Waals surface area contributed by atoms with E-state index in [4.69, 9.17) is 16.3 Å². The summed E-state index contributed by atoms with van der Waals surface area (Å²) in [6.07, 6.45) is 3.30. The molecule has 0 spiro atoms. The largest absolute Gasteiger partial charge is 0.466 e. The van der Waals surface area contributed by atoms with Gasteiger partial charge in [-0.1, -0.05) is 30.7 Å². The second-order valence-corrected chi connectivity index (χ2v) is 5.67. The average Bonchev–Trinajstić information content (AvgIpc) is 3.01. The SMILES string of the molecule is CCOC(=O)C(CC)C(O)(Cn1cncn1)c1ccc(Cl)cc1. The molecule has 1 heterocycles. The Labute approximate surface area is 140 Å². The van der Waals surface area contributed by atoms with Gasteiger partial charge in [-0.2, -0.15) is 5.10 Å². The Kier molecular flexibility index (Phi) is 5.74. The van der Waals surface area contributed by atoms with Crippen molar-refractivity contribution in [3.8, 4) is 0 Å². The zero-order chi connectivity index (χ0) is 16.9. The number of carbonyl (C=O) groups excluding carboxylic acids is 1. The fourth-order valence-electron chi connectivity index (χ4n) is 2.64. The normalized spacial score (nSPS) is 15.0. The molecule has 1 aromatic heterocycles. The molecular formula is C16H20ClN3O3. The molecule has 0 bridgehead atoms. The van der Waals surface area contributed by atoms with Gasteiger partial charge in [-0.15, -0.1) is 0 Å². The molecule has 2 aromatic rings. The van der Waals surface area contributed by atoms with Gasteiger partial charge in [-0.25, -0.2) is 9.67 Å². The first kappa shape index (κ1) is 17.4. The lowest BCUT2D eigenvalue weighted by Gasteiger charge is -2.34. The van der Waals surface area contributed by atoms with E-state index in [-0.39, 0.29) is 13.2 Å². The summed E-state index contributed by atoms with van der Waals surface area (Å²) in [5.74, 6) is -1.17. The Balaban J connectivity index is 2.44. The van der Waals surface area contributed by atoms with Crippen LogP contribution in [0.25, 0.3) is 0 Å². The quantitative estimate of drug-likeness (QED) is 0.785. The van der Waals surface area contributed by atoms with Crippen LogP contribution in [0.2, 0.25) is 5.02 Å². The minimum Gasteiger partial charge on any atom is -0.466 e. The molecule has 6 nitrogen and oxygen atoms in total. The molecule has 2 atom stereocenters. The van der Waals surface area contributed by atoms with Crippen LogP contribution in [0.5, 0.6) is 0 Å². The Morgan fingerprint density at radius 2 is 2.09 bits per heavy atom. The number of carbonyl (C=O) groups is 1. The molecule has 0 aliphatic rings. The molecule has 23 heavy (non-hydrogen) atoms. The highest BCUT2D eigenvalue weighted by molar-refractivity contribution is 6.30. The number of aliphatic hydroxyl groups is 1. The summed E-state index contributed by atoms with van der Waals surface area (Å²) in [6.45, 7) is 3.93. The number of esters is 1. The summed E-state index contributed by atoms with van der Waals surface area (Å²) < 4.78 is 6.63. The minimum absolute atomic E-state index is 0.0892. The van der Waals surface area contributed by atoms with E-state index in [2.05, 4.69) is 10.1 Å². The van der Waals surface area contributed by atoms with Gasteiger partial charge in [0.2, 0.25) is 0 Å². The molecule has 0 saturated heterocycles. The van der Waals surface area contributed by atoms with E-state index in [1.807, 2.05) is 6.92 Å². The predicted octanol–water partition coefficient (Wildman–Crippen LogP) is 2.41. The minimum atomic E-state index is -1.47. The number of ether oxygens (including phenoxy) is 1. The second kappa shape index (κ2) is 7.57. The smallest absolute Gasteiger partial charge is 0.312 e. The van der Waals surface area contributed by atoms with Crippen molar-refractivity contribution in [1.82, 2.24) is 14.8 Å². The van der Waals surface area contributed by atoms with E-state index in [0.29, 0.717) is 17.0 Å². The van der Waals surface area contributed by atoms with Crippen LogP contribution in [-0.4, -0.2) is 32.4 Å². The topological polar surface area (TPSA) is 77.2 Å². The van der Waals surface area contributed by atoms with Gasteiger partial charge in [0.1, 0.15) is 18.3 Å². The molecule has 2 rings (SSSR count). The second-order valence-electron chi connectivity index (χ2n) is 5.24. The molecule has 0 amide bonds. The molecule has 0 fully saturated rings. The van der Waals surface area contributed by atoms with Gasteiger partial charge in [0, 0.05) is 5.02 Å². The summed E-state index contributed by atoms with van der Waals surface area (Å²) in [5, 5.41) is 16.0. The van der Waals surface area contributed by atoms with Crippen LogP contribution in [0.1, 0.15) is 25.8 Å². The molecular weight excluding hydrogens is 318 g/mol. The van der Waals surface area contributed by atoms with E-state index >= 15 is 0 Å². The maximum atomic E-state index is 12.3. The zero-order valence-corrected chi connectivity index (χ0v) is 13.9. The van der Waals surface area contributed by atoms with Gasteiger partial charge in [0.15, 0.2) is 0 Å². The lowest BCUT2D eigenvalue weighted by molar-refractivity contribution is -0.161. The van der Waals surface area contributed by atoms with E-state index in [9.17, 15) is 9.90 Å². The summed E-state index contributed by atoms with van der Waals surface area (Å²) in [6, 6.07) is 6.78. The predicted molar refractivity (Wildman–Crippen MR) is 85.8 cm³/mol. The summed E-state index contributed by atoms with van der Waals surface area (Å²) in [4.78, 5) is 16.2. The van der Waals surface area contributed by atoms with E-state index in [1.54, 1.807) is 31.2 Å². The van der Waals surface area contributed by atoms with Gasteiger partial charge in [-0.3, -0.25) is 4.79 Å². The van der Waals surface area contributed by atoms with Crippen molar-refractivity contribution < 1.29 is 14.6 Å². The zero-order valence-electron chi connectivity index (χ0n) is 13.1. The molecule has 7 heteroatoms. The highest BCUT2D eigenvalue weighted by Gasteiger charge is 2.43. The standard InChI is InChI=1S/C16H20ClN3O3/c1-3-14(15(21)23-4-2)16(22,9-20-11-18-10-19-20)12-5-7-13(17)8-6-12/h5-8,10-11,14,22H,3-4,9H2,1-2H3. The van der Waals surface area contributed by atoms with Crippen molar-refractivity contribution in [3.63, 3.8) is 0 Å². The Bertz CT molecular complexity index is 631. The molecule has 0 aliphatic carbocycles. The van der Waals surface area contributed by atoms with Crippen molar-refractivity contribution >= 4 is 17.6 Å². The van der Waals surface area contributed by atoms with E-state index < -0.39 is 17.5 Å². The van der Waals surface area contributed by atoms with Crippen molar-refractivity contribution in [1.29, 1.82) is 0 Å². The number of halogens is 1. The number of benzene rings is 1. The lowest BCUT2D eigenvalue weighted by atomic mass is 9.79. The van der Waals surface area contributed by atoms with Crippen LogP contribution < -0.4 is 0 Å².